The molecule has 3 rings (SSSR count). The van der Waals surface area contributed by atoms with Gasteiger partial charge in [-0.2, -0.15) is 0 Å². The van der Waals surface area contributed by atoms with Crippen molar-refractivity contribution in [1.82, 2.24) is 14.9 Å². The van der Waals surface area contributed by atoms with Crippen LogP contribution in [-0.2, 0) is 0 Å². The highest BCUT2D eigenvalue weighted by Gasteiger charge is 2.22. The molecule has 3 nitrogen and oxygen atoms in total. The Hall–Kier alpha value is -1.03. The first-order valence-electron chi connectivity index (χ1n) is 6.88. The molecule has 1 saturated heterocycles. The molecule has 2 heterocycles. The van der Waals surface area contributed by atoms with Gasteiger partial charge in [0.25, 0.3) is 0 Å². The van der Waals surface area contributed by atoms with Crippen molar-refractivity contribution in [3.8, 4) is 5.69 Å². The minimum Gasteiger partial charge on any atom is -0.306 e. The molecule has 20 heavy (non-hydrogen) atoms. The number of halogens is 2. The molecular weight excluding hydrogens is 293 g/mol. The molecule has 1 fully saturated rings. The van der Waals surface area contributed by atoms with Gasteiger partial charge in [-0.05, 0) is 44.4 Å². The number of nitrogens with zero attached hydrogens (tertiary/aromatic N) is 2. The quantitative estimate of drug-likeness (QED) is 0.892. The molecule has 5 heteroatoms. The fourth-order valence-electron chi connectivity index (χ4n) is 2.83. The van der Waals surface area contributed by atoms with E-state index in [0.29, 0.717) is 22.1 Å². The van der Waals surface area contributed by atoms with E-state index in [9.17, 15) is 0 Å². The number of hydrogen-bond donors (Lipinski definition) is 1. The number of nitrogens with one attached hydrogen (secondary N) is 1. The van der Waals surface area contributed by atoms with Gasteiger partial charge in [0, 0.05) is 27.8 Å². The fraction of sp³-hybridized carbons (Fsp3) is 0.400. The molecule has 106 valence electrons. The molecule has 1 aliphatic rings. The van der Waals surface area contributed by atoms with Crippen LogP contribution in [0.5, 0.6) is 0 Å². The summed E-state index contributed by atoms with van der Waals surface area (Å²) in [5, 5.41) is 4.90. The fourth-order valence-corrected chi connectivity index (χ4v) is 3.34. The van der Waals surface area contributed by atoms with E-state index >= 15 is 0 Å². The number of piperidine rings is 1. The summed E-state index contributed by atoms with van der Waals surface area (Å²) in [6, 6.07) is 6.43. The van der Waals surface area contributed by atoms with Crippen molar-refractivity contribution in [1.29, 1.82) is 0 Å². The molecule has 1 aromatic carbocycles. The maximum Gasteiger partial charge on any atom is 0.0994 e. The summed E-state index contributed by atoms with van der Waals surface area (Å²) >= 11 is 12.2. The van der Waals surface area contributed by atoms with E-state index in [4.69, 9.17) is 23.2 Å². The Bertz CT molecular complexity index is 589. The van der Waals surface area contributed by atoms with Gasteiger partial charge in [-0.15, -0.1) is 0 Å². The molecule has 2 unspecified atom stereocenters. The Morgan fingerprint density at radius 3 is 2.65 bits per heavy atom. The first kappa shape index (κ1) is 13.9. The standard InChI is InChI=1S/C15H17Cl2N3/c1-10-3-2-4-14(19-10)15-8-18-9-20(15)13-6-11(16)5-12(17)7-13/h5-10,14,19H,2-4H2,1H3. The Kier molecular flexibility index (Phi) is 4.01. The van der Waals surface area contributed by atoms with Crippen LogP contribution in [0.2, 0.25) is 10.0 Å². The van der Waals surface area contributed by atoms with Crippen molar-refractivity contribution in [2.75, 3.05) is 0 Å². The molecule has 0 bridgehead atoms. The molecule has 0 spiro atoms. The van der Waals surface area contributed by atoms with E-state index in [1.807, 2.05) is 24.7 Å². The van der Waals surface area contributed by atoms with E-state index in [-0.39, 0.29) is 0 Å². The summed E-state index contributed by atoms with van der Waals surface area (Å²) in [5.74, 6) is 0. The Morgan fingerprint density at radius 2 is 1.95 bits per heavy atom. The second-order valence-electron chi connectivity index (χ2n) is 5.37. The third-order valence-electron chi connectivity index (χ3n) is 3.77. The largest absolute Gasteiger partial charge is 0.306 e. The number of imidazole rings is 1. The second kappa shape index (κ2) is 5.76. The van der Waals surface area contributed by atoms with Crippen molar-refractivity contribution in [3.63, 3.8) is 0 Å². The van der Waals surface area contributed by atoms with Crippen molar-refractivity contribution in [3.05, 3.63) is 46.5 Å². The summed E-state index contributed by atoms with van der Waals surface area (Å²) in [6.07, 6.45) is 7.33. The smallest absolute Gasteiger partial charge is 0.0994 e. The minimum absolute atomic E-state index is 0.332. The molecule has 1 N–H and O–H groups in total. The predicted octanol–water partition coefficient (Wildman–Crippen LogP) is 4.38. The number of aromatic nitrogens is 2. The van der Waals surface area contributed by atoms with Crippen LogP contribution < -0.4 is 5.32 Å². The second-order valence-corrected chi connectivity index (χ2v) is 6.24. The Labute approximate surface area is 128 Å². The van der Waals surface area contributed by atoms with E-state index in [2.05, 4.69) is 21.8 Å². The van der Waals surface area contributed by atoms with Crippen LogP contribution in [0.25, 0.3) is 5.69 Å². The molecular formula is C15H17Cl2N3. The highest BCUT2D eigenvalue weighted by Crippen LogP contribution is 2.29. The molecule has 0 radical (unpaired) electrons. The van der Waals surface area contributed by atoms with Gasteiger partial charge < -0.3 is 9.88 Å². The first-order valence-corrected chi connectivity index (χ1v) is 7.64. The lowest BCUT2D eigenvalue weighted by Crippen LogP contribution is -2.35. The monoisotopic (exact) mass is 309 g/mol. The Balaban J connectivity index is 1.97. The summed E-state index contributed by atoms with van der Waals surface area (Å²) in [6.45, 7) is 2.23. The topological polar surface area (TPSA) is 29.9 Å². The zero-order valence-electron chi connectivity index (χ0n) is 11.3. The van der Waals surface area contributed by atoms with Gasteiger partial charge in [0.15, 0.2) is 0 Å². The van der Waals surface area contributed by atoms with E-state index in [1.165, 1.54) is 12.8 Å². The molecule has 0 amide bonds. The summed E-state index contributed by atoms with van der Waals surface area (Å²) in [7, 11) is 0. The van der Waals surface area contributed by atoms with Crippen molar-refractivity contribution in [2.24, 2.45) is 0 Å². The van der Waals surface area contributed by atoms with E-state index < -0.39 is 0 Å². The van der Waals surface area contributed by atoms with Crippen LogP contribution in [0.1, 0.15) is 37.9 Å². The van der Waals surface area contributed by atoms with Gasteiger partial charge in [-0.3, -0.25) is 0 Å². The SMILES string of the molecule is CC1CCCC(c2cncn2-c2cc(Cl)cc(Cl)c2)N1. The molecule has 0 aliphatic carbocycles. The number of rotatable bonds is 2. The lowest BCUT2D eigenvalue weighted by atomic mass is 9.97. The molecule has 2 aromatic rings. The molecule has 0 saturated carbocycles. The minimum atomic E-state index is 0.332. The van der Waals surface area contributed by atoms with Crippen LogP contribution >= 0.6 is 23.2 Å². The van der Waals surface area contributed by atoms with Gasteiger partial charge in [0.05, 0.1) is 18.2 Å². The average molecular weight is 310 g/mol. The third kappa shape index (κ3) is 2.85. The lowest BCUT2D eigenvalue weighted by Gasteiger charge is -2.29. The highest BCUT2D eigenvalue weighted by molar-refractivity contribution is 6.34. The zero-order valence-corrected chi connectivity index (χ0v) is 12.8. The van der Waals surface area contributed by atoms with Crippen molar-refractivity contribution >= 4 is 23.2 Å². The van der Waals surface area contributed by atoms with Gasteiger partial charge >= 0.3 is 0 Å². The highest BCUT2D eigenvalue weighted by atomic mass is 35.5. The third-order valence-corrected chi connectivity index (χ3v) is 4.20. The summed E-state index contributed by atoms with van der Waals surface area (Å²) < 4.78 is 2.06. The van der Waals surface area contributed by atoms with Gasteiger partial charge in [0.2, 0.25) is 0 Å². The normalized spacial score (nSPS) is 22.9. The predicted molar refractivity (Wildman–Crippen MR) is 82.8 cm³/mol. The Morgan fingerprint density at radius 1 is 1.20 bits per heavy atom. The van der Waals surface area contributed by atoms with Crippen LogP contribution in [0, 0.1) is 0 Å². The molecule has 2 atom stereocenters. The van der Waals surface area contributed by atoms with Gasteiger partial charge in [-0.25, -0.2) is 4.98 Å². The maximum atomic E-state index is 6.09. The number of benzene rings is 1. The van der Waals surface area contributed by atoms with Crippen LogP contribution in [0.15, 0.2) is 30.7 Å². The average Bonchev–Trinajstić information content (AvgIpc) is 2.86. The number of hydrogen-bond acceptors (Lipinski definition) is 2. The van der Waals surface area contributed by atoms with Gasteiger partial charge in [0.1, 0.15) is 0 Å². The molecule has 1 aliphatic heterocycles. The van der Waals surface area contributed by atoms with Crippen molar-refractivity contribution < 1.29 is 0 Å². The maximum absolute atomic E-state index is 6.09. The summed E-state index contributed by atoms with van der Waals surface area (Å²) in [5.41, 5.74) is 2.12. The lowest BCUT2D eigenvalue weighted by molar-refractivity contribution is 0.334. The van der Waals surface area contributed by atoms with Crippen molar-refractivity contribution in [2.45, 2.75) is 38.3 Å². The van der Waals surface area contributed by atoms with Crippen LogP contribution in [0.3, 0.4) is 0 Å². The van der Waals surface area contributed by atoms with Gasteiger partial charge in [-0.1, -0.05) is 23.2 Å². The molecule has 1 aromatic heterocycles. The zero-order chi connectivity index (χ0) is 14.1. The van der Waals surface area contributed by atoms with Crippen LogP contribution in [0.4, 0.5) is 0 Å². The van der Waals surface area contributed by atoms with E-state index in [1.54, 1.807) is 6.07 Å². The first-order chi connectivity index (χ1) is 9.63. The van der Waals surface area contributed by atoms with E-state index in [0.717, 1.165) is 17.8 Å². The van der Waals surface area contributed by atoms with Crippen LogP contribution in [-0.4, -0.2) is 15.6 Å². The summed E-state index contributed by atoms with van der Waals surface area (Å²) in [4.78, 5) is 4.29.